The third-order valence-electron chi connectivity index (χ3n) is 2.53. The van der Waals surface area contributed by atoms with E-state index in [1.165, 1.54) is 0 Å². The summed E-state index contributed by atoms with van der Waals surface area (Å²) in [5.74, 6) is 0.912. The van der Waals surface area contributed by atoms with Crippen molar-refractivity contribution < 1.29 is 4.74 Å². The Bertz CT molecular complexity index is 333. The first kappa shape index (κ1) is 11.8. The lowest BCUT2D eigenvalue weighted by Gasteiger charge is -2.13. The van der Waals surface area contributed by atoms with E-state index in [2.05, 4.69) is 12.6 Å². The summed E-state index contributed by atoms with van der Waals surface area (Å²) in [5, 5.41) is 0. The average Bonchev–Trinajstić information content (AvgIpc) is 2.25. The Morgan fingerprint density at radius 1 is 1.53 bits per heavy atom. The molecule has 15 heavy (non-hydrogen) atoms. The zero-order chi connectivity index (χ0) is 11.3. The van der Waals surface area contributed by atoms with Gasteiger partial charge in [0.05, 0.1) is 7.11 Å². The predicted molar refractivity (Wildman–Crippen MR) is 64.1 cm³/mol. The van der Waals surface area contributed by atoms with Crippen LogP contribution in [0.3, 0.4) is 0 Å². The highest BCUT2D eigenvalue weighted by atomic mass is 16.5. The van der Waals surface area contributed by atoms with Gasteiger partial charge in [0.15, 0.2) is 0 Å². The van der Waals surface area contributed by atoms with Gasteiger partial charge in [-0.1, -0.05) is 18.2 Å². The zero-order valence-electron chi connectivity index (χ0n) is 9.49. The van der Waals surface area contributed by atoms with Gasteiger partial charge < -0.3 is 10.5 Å². The third kappa shape index (κ3) is 3.10. The summed E-state index contributed by atoms with van der Waals surface area (Å²) < 4.78 is 5.20. The summed E-state index contributed by atoms with van der Waals surface area (Å²) in [5.41, 5.74) is 8.34. The average molecular weight is 205 g/mol. The summed E-state index contributed by atoms with van der Waals surface area (Å²) in [6, 6.07) is 6.18. The zero-order valence-corrected chi connectivity index (χ0v) is 9.49. The van der Waals surface area contributed by atoms with Gasteiger partial charge in [-0.05, 0) is 37.0 Å². The van der Waals surface area contributed by atoms with E-state index in [1.54, 1.807) is 7.11 Å². The first-order valence-electron chi connectivity index (χ1n) is 5.20. The van der Waals surface area contributed by atoms with E-state index in [0.717, 1.165) is 29.7 Å². The van der Waals surface area contributed by atoms with Crippen LogP contribution in [0.1, 0.15) is 30.0 Å². The van der Waals surface area contributed by atoms with Crippen LogP contribution in [0.15, 0.2) is 30.9 Å². The van der Waals surface area contributed by atoms with Crippen molar-refractivity contribution >= 4 is 0 Å². The Morgan fingerprint density at radius 3 is 2.80 bits per heavy atom. The molecule has 1 rings (SSSR count). The largest absolute Gasteiger partial charge is 0.496 e. The third-order valence-corrected chi connectivity index (χ3v) is 2.53. The number of benzene rings is 1. The second kappa shape index (κ2) is 5.56. The van der Waals surface area contributed by atoms with Crippen molar-refractivity contribution in [2.75, 3.05) is 7.11 Å². The highest BCUT2D eigenvalue weighted by Gasteiger charge is 2.06. The van der Waals surface area contributed by atoms with Crippen LogP contribution in [0.5, 0.6) is 5.75 Å². The minimum Gasteiger partial charge on any atom is -0.496 e. The molecule has 2 heteroatoms. The minimum atomic E-state index is 0.0904. The van der Waals surface area contributed by atoms with Crippen LogP contribution >= 0.6 is 0 Å². The SMILES string of the molecule is C=CCC[C@H](N)c1ccc(OC)c(C)c1. The van der Waals surface area contributed by atoms with Crippen molar-refractivity contribution in [3.8, 4) is 5.75 Å². The molecule has 0 fully saturated rings. The molecule has 2 nitrogen and oxygen atoms in total. The number of nitrogens with two attached hydrogens (primary N) is 1. The Balaban J connectivity index is 2.77. The molecule has 0 radical (unpaired) electrons. The molecule has 0 spiro atoms. The molecule has 0 saturated heterocycles. The fourth-order valence-electron chi connectivity index (χ4n) is 1.60. The molecule has 82 valence electrons. The van der Waals surface area contributed by atoms with Gasteiger partial charge in [0.25, 0.3) is 0 Å². The summed E-state index contributed by atoms with van der Waals surface area (Å²) in [7, 11) is 1.68. The maximum Gasteiger partial charge on any atom is 0.121 e. The van der Waals surface area contributed by atoms with Crippen LogP contribution in [-0.2, 0) is 0 Å². The van der Waals surface area contributed by atoms with Crippen molar-refractivity contribution in [3.63, 3.8) is 0 Å². The topological polar surface area (TPSA) is 35.2 Å². The Kier molecular flexibility index (Phi) is 4.37. The lowest BCUT2D eigenvalue weighted by Crippen LogP contribution is -2.10. The Labute approximate surface area is 91.7 Å². The quantitative estimate of drug-likeness (QED) is 0.750. The smallest absolute Gasteiger partial charge is 0.121 e. The van der Waals surface area contributed by atoms with Crippen LogP contribution in [0, 0.1) is 6.92 Å². The first-order valence-corrected chi connectivity index (χ1v) is 5.20. The van der Waals surface area contributed by atoms with Crippen molar-refractivity contribution in [1.82, 2.24) is 0 Å². The van der Waals surface area contributed by atoms with Gasteiger partial charge in [0, 0.05) is 6.04 Å². The highest BCUT2D eigenvalue weighted by molar-refractivity contribution is 5.37. The summed E-state index contributed by atoms with van der Waals surface area (Å²) in [6.45, 7) is 5.73. The van der Waals surface area contributed by atoms with Crippen LogP contribution in [-0.4, -0.2) is 7.11 Å². The van der Waals surface area contributed by atoms with Gasteiger partial charge in [-0.3, -0.25) is 0 Å². The molecule has 0 aliphatic carbocycles. The molecule has 0 heterocycles. The molecule has 0 amide bonds. The molecule has 0 aliphatic heterocycles. The molecule has 0 saturated carbocycles. The van der Waals surface area contributed by atoms with Gasteiger partial charge in [0.2, 0.25) is 0 Å². The number of aryl methyl sites for hydroxylation is 1. The van der Waals surface area contributed by atoms with Crippen molar-refractivity contribution in [1.29, 1.82) is 0 Å². The van der Waals surface area contributed by atoms with E-state index in [4.69, 9.17) is 10.5 Å². The van der Waals surface area contributed by atoms with Crippen LogP contribution in [0.4, 0.5) is 0 Å². The highest BCUT2D eigenvalue weighted by Crippen LogP contribution is 2.23. The maximum absolute atomic E-state index is 6.05. The van der Waals surface area contributed by atoms with Gasteiger partial charge >= 0.3 is 0 Å². The van der Waals surface area contributed by atoms with Gasteiger partial charge in [-0.25, -0.2) is 0 Å². The van der Waals surface area contributed by atoms with Gasteiger partial charge in [-0.15, -0.1) is 6.58 Å². The fraction of sp³-hybridized carbons (Fsp3) is 0.385. The normalized spacial score (nSPS) is 12.2. The van der Waals surface area contributed by atoms with Gasteiger partial charge in [0.1, 0.15) is 5.75 Å². The molecule has 0 bridgehead atoms. The summed E-state index contributed by atoms with van der Waals surface area (Å²) in [6.07, 6.45) is 3.79. The molecule has 1 atom stereocenters. The van der Waals surface area contributed by atoms with Crippen LogP contribution in [0.2, 0.25) is 0 Å². The number of hydrogen-bond acceptors (Lipinski definition) is 2. The minimum absolute atomic E-state index is 0.0904. The van der Waals surface area contributed by atoms with Crippen molar-refractivity contribution in [2.45, 2.75) is 25.8 Å². The van der Waals surface area contributed by atoms with Crippen LogP contribution in [0.25, 0.3) is 0 Å². The van der Waals surface area contributed by atoms with E-state index in [0.29, 0.717) is 0 Å². The lowest BCUT2D eigenvalue weighted by molar-refractivity contribution is 0.411. The predicted octanol–water partition coefficient (Wildman–Crippen LogP) is 2.97. The molecule has 1 aromatic rings. The van der Waals surface area contributed by atoms with Crippen molar-refractivity contribution in [3.05, 3.63) is 42.0 Å². The van der Waals surface area contributed by atoms with E-state index >= 15 is 0 Å². The van der Waals surface area contributed by atoms with E-state index < -0.39 is 0 Å². The second-order valence-corrected chi connectivity index (χ2v) is 3.70. The van der Waals surface area contributed by atoms with Crippen LogP contribution < -0.4 is 10.5 Å². The Morgan fingerprint density at radius 2 is 2.27 bits per heavy atom. The van der Waals surface area contributed by atoms with Crippen molar-refractivity contribution in [2.24, 2.45) is 5.73 Å². The first-order chi connectivity index (χ1) is 7.19. The molecule has 0 aliphatic rings. The lowest BCUT2D eigenvalue weighted by atomic mass is 10.0. The summed E-state index contributed by atoms with van der Waals surface area (Å²) in [4.78, 5) is 0. The number of rotatable bonds is 5. The number of hydrogen-bond donors (Lipinski definition) is 1. The molecular formula is C13H19NO. The molecular weight excluding hydrogens is 186 g/mol. The number of ether oxygens (including phenoxy) is 1. The maximum atomic E-state index is 6.05. The molecule has 0 unspecified atom stereocenters. The Hall–Kier alpha value is -1.28. The fourth-order valence-corrected chi connectivity index (χ4v) is 1.60. The van der Waals surface area contributed by atoms with E-state index in [1.807, 2.05) is 25.1 Å². The molecule has 1 aromatic carbocycles. The monoisotopic (exact) mass is 205 g/mol. The molecule has 0 aromatic heterocycles. The van der Waals surface area contributed by atoms with Gasteiger partial charge in [-0.2, -0.15) is 0 Å². The van der Waals surface area contributed by atoms with E-state index in [-0.39, 0.29) is 6.04 Å². The second-order valence-electron chi connectivity index (χ2n) is 3.70. The van der Waals surface area contributed by atoms with E-state index in [9.17, 15) is 0 Å². The molecule has 2 N–H and O–H groups in total. The standard InChI is InChI=1S/C13H19NO/c1-4-5-6-12(14)11-7-8-13(15-3)10(2)9-11/h4,7-9,12H,1,5-6,14H2,2-3H3/t12-/m0/s1. The summed E-state index contributed by atoms with van der Waals surface area (Å²) >= 11 is 0. The number of methoxy groups -OCH3 is 1. The number of allylic oxidation sites excluding steroid dienone is 1.